The summed E-state index contributed by atoms with van der Waals surface area (Å²) in [5.41, 5.74) is 1.84. The van der Waals surface area contributed by atoms with Crippen LogP contribution >= 0.6 is 11.6 Å². The van der Waals surface area contributed by atoms with Crippen molar-refractivity contribution >= 4 is 17.3 Å². The summed E-state index contributed by atoms with van der Waals surface area (Å²) in [4.78, 5) is 0. The van der Waals surface area contributed by atoms with E-state index in [2.05, 4.69) is 5.32 Å². The minimum atomic E-state index is 0.0403. The summed E-state index contributed by atoms with van der Waals surface area (Å²) in [6.45, 7) is 0.634. The highest BCUT2D eigenvalue weighted by molar-refractivity contribution is 6.33. The largest absolute Gasteiger partial charge is 0.497 e. The molecule has 5 heteroatoms. The van der Waals surface area contributed by atoms with E-state index in [9.17, 15) is 0 Å². The molecule has 0 aromatic heterocycles. The smallest absolute Gasteiger partial charge is 0.174 e. The first kappa shape index (κ1) is 15.0. The lowest BCUT2D eigenvalue weighted by atomic mass is 10.2. The maximum absolute atomic E-state index is 8.51. The van der Waals surface area contributed by atoms with Gasteiger partial charge in [0.15, 0.2) is 6.61 Å². The van der Waals surface area contributed by atoms with Crippen LogP contribution in [-0.2, 0) is 6.54 Å². The molecule has 2 rings (SSSR count). The molecule has 0 unspecified atom stereocenters. The Hall–Kier alpha value is -2.38. The van der Waals surface area contributed by atoms with Gasteiger partial charge in [-0.2, -0.15) is 5.26 Å². The van der Waals surface area contributed by atoms with E-state index in [1.54, 1.807) is 13.2 Å². The maximum Gasteiger partial charge on any atom is 0.174 e. The predicted octanol–water partition coefficient (Wildman–Crippen LogP) is 3.86. The molecule has 0 radical (unpaired) electrons. The van der Waals surface area contributed by atoms with E-state index in [1.165, 1.54) is 0 Å². The van der Waals surface area contributed by atoms with E-state index in [1.807, 2.05) is 42.5 Å². The van der Waals surface area contributed by atoms with Gasteiger partial charge in [-0.1, -0.05) is 23.7 Å². The van der Waals surface area contributed by atoms with Crippen LogP contribution in [0.15, 0.2) is 42.5 Å². The number of benzene rings is 2. The third kappa shape index (κ3) is 4.30. The summed E-state index contributed by atoms with van der Waals surface area (Å²) in [5.74, 6) is 1.42. The minimum absolute atomic E-state index is 0.0403. The summed E-state index contributed by atoms with van der Waals surface area (Å²) in [7, 11) is 1.61. The van der Waals surface area contributed by atoms with Crippen molar-refractivity contribution in [3.05, 3.63) is 53.1 Å². The number of methoxy groups -OCH3 is 1. The number of halogens is 1. The Morgan fingerprint density at radius 1 is 1.19 bits per heavy atom. The lowest BCUT2D eigenvalue weighted by molar-refractivity contribution is 0.368. The van der Waals surface area contributed by atoms with E-state index in [0.29, 0.717) is 17.3 Å². The summed E-state index contributed by atoms with van der Waals surface area (Å²) < 4.78 is 10.4. The van der Waals surface area contributed by atoms with Crippen molar-refractivity contribution in [1.82, 2.24) is 0 Å². The second kappa shape index (κ2) is 7.41. The third-order valence-corrected chi connectivity index (χ3v) is 3.19. The molecule has 21 heavy (non-hydrogen) atoms. The Morgan fingerprint density at radius 2 is 2.05 bits per heavy atom. The van der Waals surface area contributed by atoms with Crippen molar-refractivity contribution in [2.75, 3.05) is 19.0 Å². The summed E-state index contributed by atoms with van der Waals surface area (Å²) >= 11 is 6.14. The lowest BCUT2D eigenvalue weighted by Gasteiger charge is -2.11. The Balaban J connectivity index is 2.04. The fourth-order valence-electron chi connectivity index (χ4n) is 1.82. The van der Waals surface area contributed by atoms with Gasteiger partial charge < -0.3 is 14.8 Å². The molecule has 0 saturated heterocycles. The van der Waals surface area contributed by atoms with Gasteiger partial charge in [0.05, 0.1) is 17.8 Å². The Bertz CT molecular complexity index is 653. The molecule has 2 aromatic rings. The molecule has 4 nitrogen and oxygen atoms in total. The van der Waals surface area contributed by atoms with Crippen LogP contribution < -0.4 is 14.8 Å². The van der Waals surface area contributed by atoms with Crippen LogP contribution in [-0.4, -0.2) is 13.7 Å². The second-order valence-electron chi connectivity index (χ2n) is 4.29. The number of rotatable bonds is 6. The summed E-state index contributed by atoms with van der Waals surface area (Å²) in [6.07, 6.45) is 0. The topological polar surface area (TPSA) is 54.3 Å². The van der Waals surface area contributed by atoms with Crippen LogP contribution in [0.5, 0.6) is 11.5 Å². The maximum atomic E-state index is 8.51. The number of nitriles is 1. The highest BCUT2D eigenvalue weighted by Gasteiger charge is 2.03. The van der Waals surface area contributed by atoms with Gasteiger partial charge in [-0.25, -0.2) is 0 Å². The zero-order valence-electron chi connectivity index (χ0n) is 11.6. The van der Waals surface area contributed by atoms with E-state index < -0.39 is 0 Å². The van der Waals surface area contributed by atoms with Crippen LogP contribution in [0.1, 0.15) is 5.56 Å². The average Bonchev–Trinajstić information content (AvgIpc) is 2.52. The van der Waals surface area contributed by atoms with Crippen LogP contribution in [0.4, 0.5) is 5.69 Å². The fourth-order valence-corrected chi connectivity index (χ4v) is 2.01. The van der Waals surface area contributed by atoms with E-state index >= 15 is 0 Å². The lowest BCUT2D eigenvalue weighted by Crippen LogP contribution is -2.01. The average molecular weight is 303 g/mol. The molecule has 0 aliphatic carbocycles. The Kier molecular flexibility index (Phi) is 5.30. The van der Waals surface area contributed by atoms with Gasteiger partial charge in [0, 0.05) is 12.6 Å². The zero-order chi connectivity index (χ0) is 15.1. The van der Waals surface area contributed by atoms with Gasteiger partial charge in [0.2, 0.25) is 0 Å². The SMILES string of the molecule is COc1ccc(Cl)c(NCc2cccc(OCC#N)c2)c1. The molecule has 0 heterocycles. The first-order valence-corrected chi connectivity index (χ1v) is 6.77. The van der Waals surface area contributed by atoms with Crippen molar-refractivity contribution in [2.24, 2.45) is 0 Å². The minimum Gasteiger partial charge on any atom is -0.497 e. The predicted molar refractivity (Wildman–Crippen MR) is 82.9 cm³/mol. The summed E-state index contributed by atoms with van der Waals surface area (Å²) in [5, 5.41) is 12.4. The van der Waals surface area contributed by atoms with Crippen molar-refractivity contribution in [1.29, 1.82) is 5.26 Å². The van der Waals surface area contributed by atoms with Crippen LogP contribution in [0.25, 0.3) is 0 Å². The monoisotopic (exact) mass is 302 g/mol. The van der Waals surface area contributed by atoms with Gasteiger partial charge >= 0.3 is 0 Å². The normalized spacial score (nSPS) is 9.76. The second-order valence-corrected chi connectivity index (χ2v) is 4.70. The molecule has 1 N–H and O–H groups in total. The molecular weight excluding hydrogens is 288 g/mol. The van der Waals surface area contributed by atoms with Gasteiger partial charge in [-0.05, 0) is 29.8 Å². The number of hydrogen-bond donors (Lipinski definition) is 1. The van der Waals surface area contributed by atoms with Gasteiger partial charge in [-0.3, -0.25) is 0 Å². The number of hydrogen-bond acceptors (Lipinski definition) is 4. The Morgan fingerprint density at radius 3 is 2.81 bits per heavy atom. The Labute approximate surface area is 128 Å². The number of nitrogens with one attached hydrogen (secondary N) is 1. The van der Waals surface area contributed by atoms with Crippen molar-refractivity contribution in [3.8, 4) is 17.6 Å². The van der Waals surface area contributed by atoms with Crippen molar-refractivity contribution < 1.29 is 9.47 Å². The van der Waals surface area contributed by atoms with Crippen LogP contribution in [0.3, 0.4) is 0 Å². The van der Waals surface area contributed by atoms with E-state index in [4.69, 9.17) is 26.3 Å². The molecule has 0 fully saturated rings. The van der Waals surface area contributed by atoms with Crippen molar-refractivity contribution in [2.45, 2.75) is 6.54 Å². The molecule has 0 spiro atoms. The van der Waals surface area contributed by atoms with Gasteiger partial charge in [-0.15, -0.1) is 0 Å². The molecule has 0 amide bonds. The van der Waals surface area contributed by atoms with Gasteiger partial charge in [0.25, 0.3) is 0 Å². The summed E-state index contributed by atoms with van der Waals surface area (Å²) in [6, 6.07) is 15.0. The fraction of sp³-hybridized carbons (Fsp3) is 0.188. The van der Waals surface area contributed by atoms with Crippen LogP contribution in [0, 0.1) is 11.3 Å². The molecule has 0 aliphatic heterocycles. The number of anilines is 1. The molecule has 0 bridgehead atoms. The quantitative estimate of drug-likeness (QED) is 0.880. The highest BCUT2D eigenvalue weighted by Crippen LogP contribution is 2.27. The first-order chi connectivity index (χ1) is 10.2. The zero-order valence-corrected chi connectivity index (χ0v) is 12.4. The molecule has 0 atom stereocenters. The number of ether oxygens (including phenoxy) is 2. The molecule has 108 valence electrons. The van der Waals surface area contributed by atoms with Crippen LogP contribution in [0.2, 0.25) is 5.02 Å². The first-order valence-electron chi connectivity index (χ1n) is 6.39. The number of nitrogens with zero attached hydrogens (tertiary/aromatic N) is 1. The molecule has 0 saturated carbocycles. The molecule has 0 aliphatic rings. The standard InChI is InChI=1S/C16H15ClN2O2/c1-20-13-5-6-15(17)16(10-13)19-11-12-3-2-4-14(9-12)21-8-7-18/h2-6,9-10,19H,8,11H2,1H3. The molecular formula is C16H15ClN2O2. The highest BCUT2D eigenvalue weighted by atomic mass is 35.5. The molecule has 2 aromatic carbocycles. The van der Waals surface area contributed by atoms with E-state index in [-0.39, 0.29) is 6.61 Å². The van der Waals surface area contributed by atoms with E-state index in [0.717, 1.165) is 17.0 Å². The third-order valence-electron chi connectivity index (χ3n) is 2.86. The van der Waals surface area contributed by atoms with Gasteiger partial charge in [0.1, 0.15) is 17.6 Å². The van der Waals surface area contributed by atoms with Crippen molar-refractivity contribution in [3.63, 3.8) is 0 Å².